The van der Waals surface area contributed by atoms with Crippen molar-refractivity contribution in [3.63, 3.8) is 0 Å². The predicted octanol–water partition coefficient (Wildman–Crippen LogP) is 2.14. The Morgan fingerprint density at radius 3 is 2.60 bits per heavy atom. The lowest BCUT2D eigenvalue weighted by Gasteiger charge is -1.91. The highest BCUT2D eigenvalue weighted by atomic mass is 16.5. The fourth-order valence-corrected chi connectivity index (χ4v) is 0.362. The van der Waals surface area contributed by atoms with E-state index in [0.717, 1.165) is 0 Å². The number of rotatable bonds is 2. The second-order valence-corrected chi connectivity index (χ2v) is 1.72. The molecule has 0 radical (unpaired) electrons. The summed E-state index contributed by atoms with van der Waals surface area (Å²) in [6, 6.07) is 0. The zero-order valence-corrected chi connectivity index (χ0v) is 6.66. The van der Waals surface area contributed by atoms with Crippen LogP contribution in [0.2, 0.25) is 0 Å². The minimum atomic E-state index is 0.667. The molecule has 0 heterocycles. The lowest BCUT2D eigenvalue weighted by atomic mass is 10.5. The molecule has 56 valence electrons. The van der Waals surface area contributed by atoms with Gasteiger partial charge < -0.3 is 4.74 Å². The number of hydrogen-bond acceptors (Lipinski definition) is 2. The number of aliphatic imine (C=N–C) groups is 1. The van der Waals surface area contributed by atoms with Crippen LogP contribution in [0.5, 0.6) is 0 Å². The van der Waals surface area contributed by atoms with Crippen molar-refractivity contribution >= 4 is 5.90 Å². The third-order valence-corrected chi connectivity index (χ3v) is 0.941. The summed E-state index contributed by atoms with van der Waals surface area (Å²) in [5.41, 5.74) is 0. The van der Waals surface area contributed by atoms with Gasteiger partial charge in [0.15, 0.2) is 5.90 Å². The molecule has 0 fully saturated rings. The van der Waals surface area contributed by atoms with Gasteiger partial charge >= 0.3 is 0 Å². The van der Waals surface area contributed by atoms with Crippen LogP contribution in [0.15, 0.2) is 29.4 Å². The molecule has 0 aliphatic rings. The zero-order chi connectivity index (χ0) is 7.82. The smallest absolute Gasteiger partial charge is 0.184 e. The monoisotopic (exact) mass is 139 g/mol. The van der Waals surface area contributed by atoms with E-state index in [0.29, 0.717) is 5.90 Å². The van der Waals surface area contributed by atoms with Gasteiger partial charge in [-0.05, 0) is 13.0 Å². The molecule has 0 rings (SSSR count). The summed E-state index contributed by atoms with van der Waals surface area (Å²) in [5.74, 6) is 0.667. The molecule has 0 saturated carbocycles. The second kappa shape index (κ2) is 6.08. The third kappa shape index (κ3) is 5.09. The van der Waals surface area contributed by atoms with Gasteiger partial charge in [-0.1, -0.05) is 12.2 Å². The Bertz CT molecular complexity index is 157. The van der Waals surface area contributed by atoms with Crippen LogP contribution < -0.4 is 0 Å². The Hall–Kier alpha value is -1.05. The number of hydrogen-bond donors (Lipinski definition) is 0. The van der Waals surface area contributed by atoms with E-state index < -0.39 is 0 Å². The first kappa shape index (κ1) is 8.95. The van der Waals surface area contributed by atoms with Gasteiger partial charge in [-0.25, -0.2) is 4.99 Å². The van der Waals surface area contributed by atoms with Crippen LogP contribution in [-0.2, 0) is 4.74 Å². The van der Waals surface area contributed by atoms with Gasteiger partial charge in [0, 0.05) is 13.1 Å². The molecule has 0 atom stereocenters. The number of nitrogens with zero attached hydrogens (tertiary/aromatic N) is 1. The van der Waals surface area contributed by atoms with Crippen molar-refractivity contribution in [2.24, 2.45) is 4.99 Å². The minimum Gasteiger partial charge on any atom is -0.484 e. The van der Waals surface area contributed by atoms with Crippen molar-refractivity contribution in [1.29, 1.82) is 0 Å². The van der Waals surface area contributed by atoms with Crippen LogP contribution in [0.25, 0.3) is 0 Å². The summed E-state index contributed by atoms with van der Waals surface area (Å²) in [5, 5.41) is 0. The maximum atomic E-state index is 4.81. The molecule has 0 aromatic carbocycles. The number of methoxy groups -OCH3 is 1. The number of allylic oxidation sites excluding steroid dienone is 3. The van der Waals surface area contributed by atoms with Gasteiger partial charge in [0.2, 0.25) is 0 Å². The van der Waals surface area contributed by atoms with Crippen molar-refractivity contribution in [1.82, 2.24) is 0 Å². The van der Waals surface area contributed by atoms with E-state index in [4.69, 9.17) is 4.74 Å². The van der Waals surface area contributed by atoms with Crippen LogP contribution in [-0.4, -0.2) is 13.0 Å². The van der Waals surface area contributed by atoms with Gasteiger partial charge in [-0.2, -0.15) is 0 Å². The van der Waals surface area contributed by atoms with Crippen LogP contribution in [0.1, 0.15) is 13.8 Å². The van der Waals surface area contributed by atoms with E-state index >= 15 is 0 Å². The molecule has 0 aliphatic carbocycles. The van der Waals surface area contributed by atoms with E-state index in [2.05, 4.69) is 4.99 Å². The Kier molecular flexibility index (Phi) is 5.44. The molecule has 0 saturated heterocycles. The van der Waals surface area contributed by atoms with Gasteiger partial charge in [0.25, 0.3) is 0 Å². The van der Waals surface area contributed by atoms with E-state index in [1.807, 2.05) is 25.2 Å². The van der Waals surface area contributed by atoms with Gasteiger partial charge in [-0.3, -0.25) is 0 Å². The zero-order valence-electron chi connectivity index (χ0n) is 6.66. The molecular weight excluding hydrogens is 126 g/mol. The van der Waals surface area contributed by atoms with Gasteiger partial charge in [0.1, 0.15) is 0 Å². The van der Waals surface area contributed by atoms with Crippen molar-refractivity contribution < 1.29 is 4.74 Å². The van der Waals surface area contributed by atoms with E-state index in [1.54, 1.807) is 20.2 Å². The molecule has 0 bridgehead atoms. The molecule has 0 aromatic heterocycles. The summed E-state index contributed by atoms with van der Waals surface area (Å²) < 4.78 is 4.81. The fraction of sp³-hybridized carbons (Fsp3) is 0.375. The first-order chi connectivity index (χ1) is 4.81. The Morgan fingerprint density at radius 2 is 2.10 bits per heavy atom. The standard InChI is InChI=1S/C8H13NO/c1-4-5-6-7-9-8(2)10-3/h4-7H,1-3H3/b5-4-,7-6-,9-8?. The molecule has 0 amide bonds. The fourth-order valence-electron chi connectivity index (χ4n) is 0.362. The second-order valence-electron chi connectivity index (χ2n) is 1.72. The first-order valence-electron chi connectivity index (χ1n) is 3.17. The molecule has 0 N–H and O–H groups in total. The third-order valence-electron chi connectivity index (χ3n) is 0.941. The average Bonchev–Trinajstić information content (AvgIpc) is 1.98. The lowest BCUT2D eigenvalue weighted by molar-refractivity contribution is 0.400. The molecular formula is C8H13NO. The van der Waals surface area contributed by atoms with E-state index in [-0.39, 0.29) is 0 Å². The highest BCUT2D eigenvalue weighted by Gasteiger charge is 1.77. The van der Waals surface area contributed by atoms with E-state index in [1.165, 1.54) is 0 Å². The van der Waals surface area contributed by atoms with Gasteiger partial charge in [-0.15, -0.1) is 0 Å². The van der Waals surface area contributed by atoms with Crippen LogP contribution in [0.3, 0.4) is 0 Å². The molecule has 0 unspecified atom stereocenters. The largest absolute Gasteiger partial charge is 0.484 e. The Labute approximate surface area is 61.9 Å². The maximum Gasteiger partial charge on any atom is 0.184 e. The minimum absolute atomic E-state index is 0.667. The summed E-state index contributed by atoms with van der Waals surface area (Å²) in [6.45, 7) is 3.76. The lowest BCUT2D eigenvalue weighted by Crippen LogP contribution is -1.90. The number of ether oxygens (including phenoxy) is 1. The normalized spacial score (nSPS) is 13.3. The highest BCUT2D eigenvalue weighted by Crippen LogP contribution is 1.81. The summed E-state index contributed by atoms with van der Waals surface area (Å²) in [7, 11) is 1.60. The molecule has 2 heteroatoms. The summed E-state index contributed by atoms with van der Waals surface area (Å²) >= 11 is 0. The Morgan fingerprint density at radius 1 is 1.40 bits per heavy atom. The predicted molar refractivity (Wildman–Crippen MR) is 44.1 cm³/mol. The SMILES string of the molecule is C/C=C\C=C/N=C(C)OC. The van der Waals surface area contributed by atoms with Crippen molar-refractivity contribution in [2.45, 2.75) is 13.8 Å². The van der Waals surface area contributed by atoms with Crippen LogP contribution >= 0.6 is 0 Å². The maximum absolute atomic E-state index is 4.81. The topological polar surface area (TPSA) is 21.6 Å². The Balaban J connectivity index is 3.70. The molecule has 10 heavy (non-hydrogen) atoms. The first-order valence-corrected chi connectivity index (χ1v) is 3.17. The van der Waals surface area contributed by atoms with Crippen LogP contribution in [0.4, 0.5) is 0 Å². The average molecular weight is 139 g/mol. The molecule has 0 spiro atoms. The molecule has 0 aliphatic heterocycles. The molecule has 2 nitrogen and oxygen atoms in total. The van der Waals surface area contributed by atoms with E-state index in [9.17, 15) is 0 Å². The van der Waals surface area contributed by atoms with Crippen molar-refractivity contribution in [3.05, 3.63) is 24.4 Å². The summed E-state index contributed by atoms with van der Waals surface area (Å²) in [4.78, 5) is 3.94. The molecule has 0 aromatic rings. The van der Waals surface area contributed by atoms with Crippen molar-refractivity contribution in [3.8, 4) is 0 Å². The quantitative estimate of drug-likeness (QED) is 0.326. The summed E-state index contributed by atoms with van der Waals surface area (Å²) in [6.07, 6.45) is 7.39. The van der Waals surface area contributed by atoms with Crippen LogP contribution in [0, 0.1) is 0 Å². The van der Waals surface area contributed by atoms with Crippen molar-refractivity contribution in [2.75, 3.05) is 7.11 Å². The highest BCUT2D eigenvalue weighted by molar-refractivity contribution is 5.73. The van der Waals surface area contributed by atoms with Gasteiger partial charge in [0.05, 0.1) is 7.11 Å².